The molecule has 2 atom stereocenters. The van der Waals surface area contributed by atoms with Gasteiger partial charge in [0.1, 0.15) is 0 Å². The highest BCUT2D eigenvalue weighted by Crippen LogP contribution is 2.20. The van der Waals surface area contributed by atoms with Crippen LogP contribution in [0.2, 0.25) is 0 Å². The molecule has 1 aromatic carbocycles. The number of carbonyl (C=O) groups excluding carboxylic acids is 1. The summed E-state index contributed by atoms with van der Waals surface area (Å²) >= 11 is 1.51. The highest BCUT2D eigenvalue weighted by atomic mass is 32.1. The molecule has 3 N–H and O–H groups in total. The van der Waals surface area contributed by atoms with Crippen molar-refractivity contribution in [2.24, 2.45) is 11.7 Å². The van der Waals surface area contributed by atoms with E-state index in [1.165, 1.54) is 11.3 Å². The number of aliphatic hydroxyl groups is 1. The topological polar surface area (TPSA) is 92.3 Å². The van der Waals surface area contributed by atoms with Crippen LogP contribution in [0, 0.1) is 5.92 Å². The summed E-state index contributed by atoms with van der Waals surface area (Å²) in [5, 5.41) is 10.6. The van der Waals surface area contributed by atoms with Crippen molar-refractivity contribution in [2.75, 3.05) is 13.1 Å². The van der Waals surface area contributed by atoms with Crippen LogP contribution in [-0.2, 0) is 6.42 Å². The van der Waals surface area contributed by atoms with Gasteiger partial charge in [0.25, 0.3) is 5.91 Å². The number of rotatable bonds is 8. The Kier molecular flexibility index (Phi) is 6.72. The number of nitrogens with zero attached hydrogens (tertiary/aromatic N) is 3. The van der Waals surface area contributed by atoms with Crippen LogP contribution in [0.15, 0.2) is 48.2 Å². The molecule has 0 spiro atoms. The fraction of sp³-hybridized carbons (Fsp3) is 0.381. The van der Waals surface area contributed by atoms with Crippen LogP contribution in [0.25, 0.3) is 10.2 Å². The van der Waals surface area contributed by atoms with Gasteiger partial charge in [-0.15, -0.1) is 11.3 Å². The fourth-order valence-electron chi connectivity index (χ4n) is 3.14. The summed E-state index contributed by atoms with van der Waals surface area (Å²) in [6, 6.07) is 8.82. The Bertz CT molecular complexity index is 913. The highest BCUT2D eigenvalue weighted by Gasteiger charge is 2.24. The number of carbonyl (C=O) groups is 1. The number of thiazole rings is 1. The van der Waals surface area contributed by atoms with E-state index >= 15 is 0 Å². The molecule has 0 unspecified atom stereocenters. The first-order valence-corrected chi connectivity index (χ1v) is 10.3. The number of aliphatic hydroxyl groups excluding tert-OH is 1. The summed E-state index contributed by atoms with van der Waals surface area (Å²) in [6.45, 7) is 4.85. The molecule has 0 saturated heterocycles. The third-order valence-corrected chi connectivity index (χ3v) is 5.34. The lowest BCUT2D eigenvalue weighted by atomic mass is 10.0. The Balaban J connectivity index is 1.72. The largest absolute Gasteiger partial charge is 0.390 e. The van der Waals surface area contributed by atoms with Gasteiger partial charge in [-0.25, -0.2) is 4.98 Å². The zero-order chi connectivity index (χ0) is 20.1. The summed E-state index contributed by atoms with van der Waals surface area (Å²) in [5.41, 5.74) is 10.4. The van der Waals surface area contributed by atoms with E-state index in [0.29, 0.717) is 18.5 Å². The fourth-order valence-corrected chi connectivity index (χ4v) is 3.86. The minimum absolute atomic E-state index is 0.100. The van der Waals surface area contributed by atoms with Crippen molar-refractivity contribution >= 4 is 27.5 Å². The summed E-state index contributed by atoms with van der Waals surface area (Å²) in [5.74, 6) is 0.175. The van der Waals surface area contributed by atoms with E-state index in [9.17, 15) is 9.90 Å². The van der Waals surface area contributed by atoms with E-state index in [1.807, 2.05) is 24.3 Å². The van der Waals surface area contributed by atoms with Crippen molar-refractivity contribution in [3.05, 3.63) is 59.4 Å². The first-order chi connectivity index (χ1) is 13.4. The molecule has 3 aromatic rings. The maximum absolute atomic E-state index is 13.1. The molecular weight excluding hydrogens is 372 g/mol. The number of fused-ring (bicyclic) bond motifs is 1. The van der Waals surface area contributed by atoms with Crippen molar-refractivity contribution < 1.29 is 9.90 Å². The van der Waals surface area contributed by atoms with E-state index in [0.717, 1.165) is 15.8 Å². The van der Waals surface area contributed by atoms with Gasteiger partial charge in [-0.3, -0.25) is 9.78 Å². The van der Waals surface area contributed by atoms with Crippen molar-refractivity contribution in [3.8, 4) is 0 Å². The monoisotopic (exact) mass is 398 g/mol. The molecule has 28 heavy (non-hydrogen) atoms. The average molecular weight is 399 g/mol. The Morgan fingerprint density at radius 2 is 2.11 bits per heavy atom. The lowest BCUT2D eigenvalue weighted by molar-refractivity contribution is 0.0545. The number of aromatic nitrogens is 2. The number of benzene rings is 1. The normalized spacial score (nSPS) is 13.6. The van der Waals surface area contributed by atoms with Crippen molar-refractivity contribution in [1.29, 1.82) is 0 Å². The average Bonchev–Trinajstić information content (AvgIpc) is 3.15. The van der Waals surface area contributed by atoms with Gasteiger partial charge < -0.3 is 15.7 Å². The minimum atomic E-state index is -0.824. The number of hydrogen-bond acceptors (Lipinski definition) is 6. The smallest absolute Gasteiger partial charge is 0.254 e. The van der Waals surface area contributed by atoms with Crippen LogP contribution in [0.5, 0.6) is 0 Å². The molecule has 148 valence electrons. The molecule has 1 amide bonds. The second kappa shape index (κ2) is 9.23. The molecule has 0 aliphatic rings. The zero-order valence-corrected chi connectivity index (χ0v) is 17.0. The van der Waals surface area contributed by atoms with Crippen LogP contribution in [0.3, 0.4) is 0 Å². The Morgan fingerprint density at radius 3 is 2.82 bits per heavy atom. The van der Waals surface area contributed by atoms with Crippen molar-refractivity contribution in [2.45, 2.75) is 32.4 Å². The Hall–Kier alpha value is -2.35. The summed E-state index contributed by atoms with van der Waals surface area (Å²) in [4.78, 5) is 23.1. The molecule has 0 aliphatic heterocycles. The summed E-state index contributed by atoms with van der Waals surface area (Å²) in [7, 11) is 0. The standard InChI is InChI=1S/C21H26N4O2S/c1-14(2)11-25(12-19(26)17(22)8-15-4-3-7-23-10-15)21(27)16-5-6-18-20(9-16)28-13-24-18/h3-7,9-10,13-14,17,19,26H,8,11-12,22H2,1-2H3/t17-,19+/m0/s1. The van der Waals surface area contributed by atoms with E-state index in [1.54, 1.807) is 28.9 Å². The van der Waals surface area contributed by atoms with Gasteiger partial charge in [0.2, 0.25) is 0 Å². The van der Waals surface area contributed by atoms with Crippen molar-refractivity contribution in [1.82, 2.24) is 14.9 Å². The van der Waals surface area contributed by atoms with E-state index < -0.39 is 12.1 Å². The van der Waals surface area contributed by atoms with Crippen LogP contribution >= 0.6 is 11.3 Å². The Labute approximate surface area is 169 Å². The molecule has 0 fully saturated rings. The Morgan fingerprint density at radius 1 is 1.29 bits per heavy atom. The number of amides is 1. The summed E-state index contributed by atoms with van der Waals surface area (Å²) < 4.78 is 0.976. The second-order valence-corrected chi connectivity index (χ2v) is 8.32. The van der Waals surface area contributed by atoms with Gasteiger partial charge in [0.05, 0.1) is 21.8 Å². The van der Waals surface area contributed by atoms with E-state index in [2.05, 4.69) is 23.8 Å². The van der Waals surface area contributed by atoms with Gasteiger partial charge in [0, 0.05) is 37.1 Å². The summed E-state index contributed by atoms with van der Waals surface area (Å²) in [6.07, 6.45) is 3.13. The number of pyridine rings is 1. The quantitative estimate of drug-likeness (QED) is 0.609. The molecule has 2 aromatic heterocycles. The molecule has 6 nitrogen and oxygen atoms in total. The van der Waals surface area contributed by atoms with Crippen LogP contribution in [-0.4, -0.2) is 51.1 Å². The van der Waals surface area contributed by atoms with Crippen LogP contribution in [0.1, 0.15) is 29.8 Å². The highest BCUT2D eigenvalue weighted by molar-refractivity contribution is 7.16. The molecule has 0 saturated carbocycles. The first-order valence-electron chi connectivity index (χ1n) is 9.39. The van der Waals surface area contributed by atoms with Gasteiger partial charge in [0.15, 0.2) is 0 Å². The minimum Gasteiger partial charge on any atom is -0.390 e. The number of hydrogen-bond donors (Lipinski definition) is 2. The SMILES string of the molecule is CC(C)CN(C[C@@H](O)[C@@H](N)Cc1cccnc1)C(=O)c1ccc2ncsc2c1. The molecule has 0 bridgehead atoms. The van der Waals surface area contributed by atoms with E-state index in [-0.39, 0.29) is 18.4 Å². The first kappa shape index (κ1) is 20.4. The van der Waals surface area contributed by atoms with Crippen LogP contribution < -0.4 is 5.73 Å². The molecule has 0 radical (unpaired) electrons. The van der Waals surface area contributed by atoms with Gasteiger partial charge in [-0.05, 0) is 42.2 Å². The predicted molar refractivity (Wildman–Crippen MR) is 112 cm³/mol. The van der Waals surface area contributed by atoms with Gasteiger partial charge in [-0.2, -0.15) is 0 Å². The third kappa shape index (κ3) is 5.13. The molecular formula is C21H26N4O2S. The maximum atomic E-state index is 13.1. The molecule has 3 rings (SSSR count). The van der Waals surface area contributed by atoms with Gasteiger partial charge in [-0.1, -0.05) is 19.9 Å². The van der Waals surface area contributed by atoms with E-state index in [4.69, 9.17) is 5.73 Å². The van der Waals surface area contributed by atoms with Crippen LogP contribution in [0.4, 0.5) is 0 Å². The zero-order valence-electron chi connectivity index (χ0n) is 16.2. The van der Waals surface area contributed by atoms with Gasteiger partial charge >= 0.3 is 0 Å². The predicted octanol–water partition coefficient (Wildman–Crippen LogP) is 2.72. The third-order valence-electron chi connectivity index (χ3n) is 4.55. The second-order valence-electron chi connectivity index (χ2n) is 7.44. The molecule has 0 aliphatic carbocycles. The number of nitrogens with two attached hydrogens (primary N) is 1. The maximum Gasteiger partial charge on any atom is 0.254 e. The lowest BCUT2D eigenvalue weighted by Crippen LogP contribution is -2.47. The lowest BCUT2D eigenvalue weighted by Gasteiger charge is -2.29. The molecule has 7 heteroatoms. The molecule has 2 heterocycles. The van der Waals surface area contributed by atoms with Crippen molar-refractivity contribution in [3.63, 3.8) is 0 Å².